The summed E-state index contributed by atoms with van der Waals surface area (Å²) in [5, 5.41) is 12.2. The quantitative estimate of drug-likeness (QED) is 0.693. The molecule has 150 valence electrons. The van der Waals surface area contributed by atoms with Gasteiger partial charge in [0.25, 0.3) is 0 Å². The number of aliphatic hydroxyl groups is 1. The topological polar surface area (TPSA) is 74.2 Å². The summed E-state index contributed by atoms with van der Waals surface area (Å²) in [6.07, 6.45) is -2.03. The van der Waals surface area contributed by atoms with Gasteiger partial charge >= 0.3 is 6.18 Å². The Morgan fingerprint density at radius 3 is 2.52 bits per heavy atom. The maximum atomic E-state index is 12.9. The summed E-state index contributed by atoms with van der Waals surface area (Å²) in [6, 6.07) is 10.2. The van der Waals surface area contributed by atoms with Crippen molar-refractivity contribution < 1.29 is 18.3 Å². The van der Waals surface area contributed by atoms with Gasteiger partial charge in [-0.3, -0.25) is 0 Å². The number of nitrogens with zero attached hydrogens (tertiary/aromatic N) is 4. The number of benzene rings is 1. The molecule has 4 rings (SSSR count). The molecule has 1 aliphatic rings. The molecule has 0 saturated carbocycles. The zero-order valence-corrected chi connectivity index (χ0v) is 15.5. The number of anilines is 3. The highest BCUT2D eigenvalue weighted by Gasteiger charge is 2.32. The lowest BCUT2D eigenvalue weighted by Gasteiger charge is -2.36. The summed E-state index contributed by atoms with van der Waals surface area (Å²) >= 11 is 0. The van der Waals surface area contributed by atoms with E-state index in [-0.39, 0.29) is 12.1 Å². The lowest BCUT2D eigenvalue weighted by atomic mass is 10.0. The molecule has 0 atom stereocenters. The van der Waals surface area contributed by atoms with Crippen LogP contribution in [0.3, 0.4) is 0 Å². The van der Waals surface area contributed by atoms with Crippen LogP contribution in [0.25, 0.3) is 11.1 Å². The van der Waals surface area contributed by atoms with Crippen molar-refractivity contribution in [2.45, 2.75) is 19.2 Å². The van der Waals surface area contributed by atoms with Gasteiger partial charge in [-0.25, -0.2) is 15.0 Å². The SMILES string of the molecule is Cc1cc(Nc2nccc(C(F)(F)F)n2)cc(-c2ccc(N3CC(O)C3)nc2)c1. The van der Waals surface area contributed by atoms with Gasteiger partial charge in [0.1, 0.15) is 11.5 Å². The van der Waals surface area contributed by atoms with Gasteiger partial charge < -0.3 is 15.3 Å². The standard InChI is InChI=1S/C20H18F3N5O/c1-12-6-14(13-2-3-18(25-9-13)28-10-16(29)11-28)8-15(7-12)26-19-24-5-4-17(27-19)20(21,22)23/h2-9,16,29H,10-11H2,1H3,(H,24,26,27). The molecule has 6 nitrogen and oxygen atoms in total. The van der Waals surface area contributed by atoms with Crippen LogP contribution in [-0.4, -0.2) is 39.3 Å². The Balaban J connectivity index is 1.56. The number of halogens is 3. The maximum Gasteiger partial charge on any atom is 0.433 e. The zero-order chi connectivity index (χ0) is 20.6. The zero-order valence-electron chi connectivity index (χ0n) is 15.5. The van der Waals surface area contributed by atoms with E-state index in [1.807, 2.05) is 30.0 Å². The molecule has 3 aromatic rings. The van der Waals surface area contributed by atoms with Crippen LogP contribution in [0.1, 0.15) is 11.3 Å². The van der Waals surface area contributed by atoms with Gasteiger partial charge in [-0.2, -0.15) is 13.2 Å². The molecular weight excluding hydrogens is 383 g/mol. The Morgan fingerprint density at radius 1 is 1.07 bits per heavy atom. The normalized spacial score (nSPS) is 14.6. The number of aromatic nitrogens is 3. The van der Waals surface area contributed by atoms with E-state index in [2.05, 4.69) is 20.3 Å². The molecule has 1 aliphatic heterocycles. The van der Waals surface area contributed by atoms with Crippen LogP contribution in [0.15, 0.2) is 48.8 Å². The highest BCUT2D eigenvalue weighted by Crippen LogP contribution is 2.30. The minimum absolute atomic E-state index is 0.124. The van der Waals surface area contributed by atoms with Gasteiger partial charge in [0, 0.05) is 36.7 Å². The third kappa shape index (κ3) is 4.29. The molecule has 29 heavy (non-hydrogen) atoms. The van der Waals surface area contributed by atoms with Crippen LogP contribution in [0.2, 0.25) is 0 Å². The summed E-state index contributed by atoms with van der Waals surface area (Å²) in [5.74, 6) is 0.670. The molecule has 2 N–H and O–H groups in total. The monoisotopic (exact) mass is 401 g/mol. The van der Waals surface area contributed by atoms with Crippen molar-refractivity contribution in [2.24, 2.45) is 0 Å². The van der Waals surface area contributed by atoms with Crippen LogP contribution in [0.5, 0.6) is 0 Å². The molecule has 1 aromatic carbocycles. The molecule has 2 aromatic heterocycles. The summed E-state index contributed by atoms with van der Waals surface area (Å²) in [7, 11) is 0. The smallest absolute Gasteiger partial charge is 0.389 e. The Kier molecular flexibility index (Phi) is 4.83. The lowest BCUT2D eigenvalue weighted by molar-refractivity contribution is -0.141. The Bertz CT molecular complexity index is 1020. The van der Waals surface area contributed by atoms with Crippen molar-refractivity contribution in [1.29, 1.82) is 0 Å². The fraction of sp³-hybridized carbons (Fsp3) is 0.250. The van der Waals surface area contributed by atoms with Crippen molar-refractivity contribution >= 4 is 17.5 Å². The summed E-state index contributed by atoms with van der Waals surface area (Å²) in [5.41, 5.74) is 2.23. The molecule has 0 aliphatic carbocycles. The van der Waals surface area contributed by atoms with E-state index in [4.69, 9.17) is 0 Å². The van der Waals surface area contributed by atoms with Crippen molar-refractivity contribution in [3.63, 3.8) is 0 Å². The molecule has 9 heteroatoms. The minimum atomic E-state index is -4.53. The number of nitrogens with one attached hydrogen (secondary N) is 1. The lowest BCUT2D eigenvalue weighted by Crippen LogP contribution is -2.51. The third-order valence-corrected chi connectivity index (χ3v) is 4.55. The molecular formula is C20H18F3N5O. The van der Waals surface area contributed by atoms with E-state index in [0.717, 1.165) is 34.8 Å². The molecule has 0 amide bonds. The number of alkyl halides is 3. The second-order valence-corrected chi connectivity index (χ2v) is 6.94. The first-order chi connectivity index (χ1) is 13.8. The van der Waals surface area contributed by atoms with Crippen molar-refractivity contribution in [3.8, 4) is 11.1 Å². The van der Waals surface area contributed by atoms with E-state index in [1.54, 1.807) is 18.3 Å². The number of hydrogen-bond acceptors (Lipinski definition) is 6. The summed E-state index contributed by atoms with van der Waals surface area (Å²) in [4.78, 5) is 13.8. The van der Waals surface area contributed by atoms with Crippen LogP contribution in [0.4, 0.5) is 30.6 Å². The van der Waals surface area contributed by atoms with E-state index < -0.39 is 11.9 Å². The van der Waals surface area contributed by atoms with Gasteiger partial charge in [-0.05, 0) is 48.4 Å². The second-order valence-electron chi connectivity index (χ2n) is 6.94. The number of rotatable bonds is 4. The van der Waals surface area contributed by atoms with Gasteiger partial charge in [0.2, 0.25) is 5.95 Å². The first-order valence-corrected chi connectivity index (χ1v) is 8.96. The van der Waals surface area contributed by atoms with Crippen molar-refractivity contribution in [3.05, 3.63) is 60.0 Å². The van der Waals surface area contributed by atoms with Gasteiger partial charge in [-0.15, -0.1) is 0 Å². The van der Waals surface area contributed by atoms with Crippen LogP contribution >= 0.6 is 0 Å². The van der Waals surface area contributed by atoms with E-state index in [1.165, 1.54) is 0 Å². The van der Waals surface area contributed by atoms with Crippen LogP contribution in [-0.2, 0) is 6.18 Å². The predicted octanol–water partition coefficient (Wildman–Crippen LogP) is 3.79. The minimum Gasteiger partial charge on any atom is -0.389 e. The Morgan fingerprint density at radius 2 is 1.86 bits per heavy atom. The summed E-state index contributed by atoms with van der Waals surface area (Å²) in [6.45, 7) is 3.04. The van der Waals surface area contributed by atoms with E-state index in [9.17, 15) is 18.3 Å². The average Bonchev–Trinajstić information content (AvgIpc) is 2.65. The molecule has 3 heterocycles. The number of pyridine rings is 1. The largest absolute Gasteiger partial charge is 0.433 e. The van der Waals surface area contributed by atoms with Crippen LogP contribution < -0.4 is 10.2 Å². The van der Waals surface area contributed by atoms with Crippen LogP contribution in [0, 0.1) is 6.92 Å². The van der Waals surface area contributed by atoms with Gasteiger partial charge in [0.05, 0.1) is 6.10 Å². The average molecular weight is 401 g/mol. The van der Waals surface area contributed by atoms with E-state index in [0.29, 0.717) is 18.8 Å². The second kappa shape index (κ2) is 7.32. The fourth-order valence-electron chi connectivity index (χ4n) is 3.11. The highest BCUT2D eigenvalue weighted by atomic mass is 19.4. The fourth-order valence-corrected chi connectivity index (χ4v) is 3.11. The molecule has 0 unspecified atom stereocenters. The molecule has 0 spiro atoms. The summed E-state index contributed by atoms with van der Waals surface area (Å²) < 4.78 is 38.6. The highest BCUT2D eigenvalue weighted by molar-refractivity contribution is 5.71. The Labute approximate surface area is 165 Å². The first-order valence-electron chi connectivity index (χ1n) is 8.96. The van der Waals surface area contributed by atoms with Gasteiger partial charge in [-0.1, -0.05) is 6.07 Å². The predicted molar refractivity (Wildman–Crippen MR) is 103 cm³/mol. The van der Waals surface area contributed by atoms with Crippen molar-refractivity contribution in [2.75, 3.05) is 23.3 Å². The van der Waals surface area contributed by atoms with E-state index >= 15 is 0 Å². The molecule has 0 bridgehead atoms. The third-order valence-electron chi connectivity index (χ3n) is 4.55. The Hall–Kier alpha value is -3.20. The van der Waals surface area contributed by atoms with Gasteiger partial charge in [0.15, 0.2) is 0 Å². The van der Waals surface area contributed by atoms with Crippen molar-refractivity contribution in [1.82, 2.24) is 15.0 Å². The number of hydrogen-bond donors (Lipinski definition) is 2. The molecule has 1 saturated heterocycles. The molecule has 0 radical (unpaired) electrons. The number of aryl methyl sites for hydroxylation is 1. The molecule has 1 fully saturated rings. The first kappa shape index (κ1) is 19.1. The maximum absolute atomic E-state index is 12.9. The number of aliphatic hydroxyl groups excluding tert-OH is 1. The number of β-amino-alcohol motifs (C(OH)–C–C–N with tert-alkyl or cyclic N) is 1.